The normalized spacial score (nSPS) is 16.2. The van der Waals surface area contributed by atoms with Crippen LogP contribution in [0.5, 0.6) is 0 Å². The van der Waals surface area contributed by atoms with Gasteiger partial charge in [-0.3, -0.25) is 4.79 Å². The molecule has 2 aromatic rings. The van der Waals surface area contributed by atoms with Crippen molar-refractivity contribution in [3.63, 3.8) is 0 Å². The molecule has 116 valence electrons. The number of benzene rings is 1. The van der Waals surface area contributed by atoms with E-state index in [4.69, 9.17) is 0 Å². The van der Waals surface area contributed by atoms with Crippen LogP contribution < -0.4 is 10.3 Å². The summed E-state index contributed by atoms with van der Waals surface area (Å²) in [6, 6.07) is 5.04. The number of pyridine rings is 1. The lowest BCUT2D eigenvalue weighted by atomic mass is 10.1. The van der Waals surface area contributed by atoms with Gasteiger partial charge in [0.05, 0.1) is 16.6 Å². The number of aromatic carboxylic acids is 1. The molecule has 0 unspecified atom stereocenters. The molecule has 0 aliphatic carbocycles. The number of likely N-dealkylation sites (N-methyl/N-ethyl adjacent to an activating group) is 1. The summed E-state index contributed by atoms with van der Waals surface area (Å²) in [6.07, 6.45) is 0. The van der Waals surface area contributed by atoms with Crippen LogP contribution in [0.2, 0.25) is 0 Å². The molecule has 0 bridgehead atoms. The Hall–Kier alpha value is -2.34. The quantitative estimate of drug-likeness (QED) is 0.874. The summed E-state index contributed by atoms with van der Waals surface area (Å²) in [4.78, 5) is 30.9. The van der Waals surface area contributed by atoms with E-state index in [1.165, 1.54) is 0 Å². The first kappa shape index (κ1) is 14.6. The van der Waals surface area contributed by atoms with Gasteiger partial charge < -0.3 is 19.9 Å². The molecule has 2 heterocycles. The first-order valence-corrected chi connectivity index (χ1v) is 7.31. The van der Waals surface area contributed by atoms with Gasteiger partial charge in [-0.15, -0.1) is 0 Å². The number of carboxylic acids is 1. The van der Waals surface area contributed by atoms with Crippen molar-refractivity contribution < 1.29 is 9.90 Å². The van der Waals surface area contributed by atoms with Crippen molar-refractivity contribution in [3.8, 4) is 0 Å². The number of rotatable bonds is 2. The van der Waals surface area contributed by atoms with Gasteiger partial charge in [0.25, 0.3) is 0 Å². The van der Waals surface area contributed by atoms with E-state index in [1.54, 1.807) is 0 Å². The Morgan fingerprint density at radius 2 is 1.91 bits per heavy atom. The molecule has 1 aliphatic rings. The largest absolute Gasteiger partial charge is 0.477 e. The highest BCUT2D eigenvalue weighted by Crippen LogP contribution is 2.27. The predicted molar refractivity (Wildman–Crippen MR) is 86.0 cm³/mol. The molecule has 1 aromatic heterocycles. The number of aromatic nitrogens is 1. The highest BCUT2D eigenvalue weighted by Gasteiger charge is 2.19. The summed E-state index contributed by atoms with van der Waals surface area (Å²) in [5.41, 5.74) is 2.05. The molecule has 0 atom stereocenters. The number of hydrogen-bond donors (Lipinski definition) is 2. The van der Waals surface area contributed by atoms with Crippen molar-refractivity contribution in [1.82, 2.24) is 9.88 Å². The van der Waals surface area contributed by atoms with Crippen LogP contribution in [0, 0.1) is 6.92 Å². The number of nitrogens with zero attached hydrogens (tertiary/aromatic N) is 2. The van der Waals surface area contributed by atoms with Gasteiger partial charge in [-0.05, 0) is 25.6 Å². The second-order valence-corrected chi connectivity index (χ2v) is 5.79. The molecular formula is C16H19N3O3. The smallest absolute Gasteiger partial charge is 0.352 e. The van der Waals surface area contributed by atoms with Gasteiger partial charge in [0.2, 0.25) is 0 Å². The summed E-state index contributed by atoms with van der Waals surface area (Å²) in [7, 11) is 2.08. The monoisotopic (exact) mass is 301 g/mol. The van der Waals surface area contributed by atoms with Gasteiger partial charge in [0.15, 0.2) is 5.43 Å². The van der Waals surface area contributed by atoms with E-state index in [9.17, 15) is 14.7 Å². The van der Waals surface area contributed by atoms with Crippen molar-refractivity contribution >= 4 is 22.6 Å². The van der Waals surface area contributed by atoms with Crippen molar-refractivity contribution in [2.24, 2.45) is 0 Å². The minimum atomic E-state index is -1.12. The van der Waals surface area contributed by atoms with Crippen LogP contribution in [0.15, 0.2) is 23.0 Å². The lowest BCUT2D eigenvalue weighted by Crippen LogP contribution is -2.44. The zero-order chi connectivity index (χ0) is 15.9. The molecule has 0 amide bonds. The Kier molecular flexibility index (Phi) is 3.62. The second kappa shape index (κ2) is 5.46. The van der Waals surface area contributed by atoms with Gasteiger partial charge in [-0.25, -0.2) is 4.79 Å². The predicted octanol–water partition coefficient (Wildman–Crippen LogP) is 1.29. The summed E-state index contributed by atoms with van der Waals surface area (Å²) in [6.45, 7) is 5.46. The fourth-order valence-electron chi connectivity index (χ4n) is 2.94. The Labute approximate surface area is 128 Å². The fraction of sp³-hybridized carbons (Fsp3) is 0.375. The van der Waals surface area contributed by atoms with Crippen molar-refractivity contribution in [1.29, 1.82) is 0 Å². The van der Waals surface area contributed by atoms with Crippen LogP contribution in [0.25, 0.3) is 10.9 Å². The third-order valence-electron chi connectivity index (χ3n) is 4.25. The number of hydrogen-bond acceptors (Lipinski definition) is 4. The Bertz CT molecular complexity index is 789. The Balaban J connectivity index is 2.20. The van der Waals surface area contributed by atoms with Crippen LogP contribution in [0.3, 0.4) is 0 Å². The van der Waals surface area contributed by atoms with Gasteiger partial charge in [-0.2, -0.15) is 0 Å². The summed E-state index contributed by atoms with van der Waals surface area (Å²) in [5, 5.41) is 9.75. The molecule has 1 saturated heterocycles. The molecule has 3 rings (SSSR count). The molecule has 0 radical (unpaired) electrons. The third-order valence-corrected chi connectivity index (χ3v) is 4.25. The minimum absolute atomic E-state index is 0.0709. The lowest BCUT2D eigenvalue weighted by molar-refractivity contribution is 0.0691. The van der Waals surface area contributed by atoms with E-state index in [-0.39, 0.29) is 11.1 Å². The van der Waals surface area contributed by atoms with Gasteiger partial charge in [0, 0.05) is 32.2 Å². The second-order valence-electron chi connectivity index (χ2n) is 5.79. The van der Waals surface area contributed by atoms with E-state index in [1.807, 2.05) is 19.1 Å². The molecule has 1 aromatic carbocycles. The Morgan fingerprint density at radius 3 is 2.55 bits per heavy atom. The summed E-state index contributed by atoms with van der Waals surface area (Å²) >= 11 is 0. The average Bonchev–Trinajstić information content (AvgIpc) is 2.48. The van der Waals surface area contributed by atoms with E-state index in [2.05, 4.69) is 21.8 Å². The maximum absolute atomic E-state index is 12.3. The SMILES string of the molecule is Cc1ccc(N2CCN(C)CC2)c2[nH]c(C(=O)O)cc(=O)c12. The number of carbonyl (C=O) groups is 1. The molecular weight excluding hydrogens is 282 g/mol. The minimum Gasteiger partial charge on any atom is -0.477 e. The molecule has 1 aliphatic heterocycles. The van der Waals surface area contributed by atoms with Gasteiger partial charge in [-0.1, -0.05) is 6.07 Å². The van der Waals surface area contributed by atoms with E-state index in [0.29, 0.717) is 10.9 Å². The average molecular weight is 301 g/mol. The third kappa shape index (κ3) is 2.46. The molecule has 0 saturated carbocycles. The topological polar surface area (TPSA) is 76.6 Å². The molecule has 22 heavy (non-hydrogen) atoms. The van der Waals surface area contributed by atoms with Crippen molar-refractivity contribution in [3.05, 3.63) is 39.7 Å². The lowest BCUT2D eigenvalue weighted by Gasteiger charge is -2.34. The van der Waals surface area contributed by atoms with E-state index < -0.39 is 5.97 Å². The van der Waals surface area contributed by atoms with Crippen LogP contribution in [-0.2, 0) is 0 Å². The number of piperazine rings is 1. The van der Waals surface area contributed by atoms with Gasteiger partial charge >= 0.3 is 5.97 Å². The van der Waals surface area contributed by atoms with Crippen molar-refractivity contribution in [2.45, 2.75) is 6.92 Å². The van der Waals surface area contributed by atoms with Crippen LogP contribution in [0.1, 0.15) is 16.1 Å². The van der Waals surface area contributed by atoms with Crippen LogP contribution in [-0.4, -0.2) is 54.2 Å². The Morgan fingerprint density at radius 1 is 1.23 bits per heavy atom. The van der Waals surface area contributed by atoms with Crippen molar-refractivity contribution in [2.75, 3.05) is 38.1 Å². The number of aromatic amines is 1. The maximum Gasteiger partial charge on any atom is 0.352 e. The standard InChI is InChI=1S/C16H19N3O3/c1-10-3-4-12(19-7-5-18(2)6-8-19)15-14(10)13(20)9-11(17-15)16(21)22/h3-4,9H,5-8H2,1-2H3,(H,17,20)(H,21,22). The number of carboxylic acid groups (broad SMARTS) is 1. The summed E-state index contributed by atoms with van der Waals surface area (Å²) in [5.74, 6) is -1.12. The molecule has 2 N–H and O–H groups in total. The zero-order valence-electron chi connectivity index (χ0n) is 12.7. The first-order chi connectivity index (χ1) is 10.5. The zero-order valence-corrected chi connectivity index (χ0v) is 12.7. The highest BCUT2D eigenvalue weighted by molar-refractivity contribution is 5.96. The van der Waals surface area contributed by atoms with E-state index in [0.717, 1.165) is 43.5 Å². The molecule has 0 spiro atoms. The number of nitrogens with one attached hydrogen (secondary N) is 1. The molecule has 1 fully saturated rings. The number of aryl methyl sites for hydroxylation is 1. The van der Waals surface area contributed by atoms with Crippen LogP contribution in [0.4, 0.5) is 5.69 Å². The molecule has 6 nitrogen and oxygen atoms in total. The van der Waals surface area contributed by atoms with Crippen LogP contribution >= 0.6 is 0 Å². The first-order valence-electron chi connectivity index (χ1n) is 7.31. The number of anilines is 1. The summed E-state index contributed by atoms with van der Waals surface area (Å²) < 4.78 is 0. The maximum atomic E-state index is 12.3. The number of H-pyrrole nitrogens is 1. The highest BCUT2D eigenvalue weighted by atomic mass is 16.4. The van der Waals surface area contributed by atoms with Gasteiger partial charge in [0.1, 0.15) is 5.69 Å². The fourth-order valence-corrected chi connectivity index (χ4v) is 2.94. The number of fused-ring (bicyclic) bond motifs is 1. The molecule has 6 heteroatoms. The van der Waals surface area contributed by atoms with E-state index >= 15 is 0 Å².